The zero-order valence-electron chi connectivity index (χ0n) is 8.41. The number of nitrogens with one attached hydrogen (secondary N) is 1. The van der Waals surface area contributed by atoms with Gasteiger partial charge in [0.05, 0.1) is 0 Å². The van der Waals surface area contributed by atoms with Crippen LogP contribution in [0.15, 0.2) is 18.5 Å². The molecule has 1 atom stereocenters. The van der Waals surface area contributed by atoms with Gasteiger partial charge in [-0.1, -0.05) is 19.9 Å². The molecular weight excluding hydrogens is 162 g/mol. The van der Waals surface area contributed by atoms with Crippen molar-refractivity contribution in [1.29, 1.82) is 0 Å². The van der Waals surface area contributed by atoms with Crippen LogP contribution in [0.1, 0.15) is 31.0 Å². The lowest BCUT2D eigenvalue weighted by Gasteiger charge is -2.19. The van der Waals surface area contributed by atoms with E-state index in [0.29, 0.717) is 5.92 Å². The first-order chi connectivity index (χ1) is 6.15. The maximum Gasteiger partial charge on any atom is 0.0498 e. The Kier molecular flexibility index (Phi) is 3.39. The molecule has 0 saturated carbocycles. The van der Waals surface area contributed by atoms with E-state index in [-0.39, 0.29) is 6.04 Å². The lowest BCUT2D eigenvalue weighted by Crippen LogP contribution is -2.31. The summed E-state index contributed by atoms with van der Waals surface area (Å²) in [6, 6.07) is 2.30. The van der Waals surface area contributed by atoms with Gasteiger partial charge in [0.25, 0.3) is 0 Å². The second-order valence-corrected chi connectivity index (χ2v) is 3.68. The summed E-state index contributed by atoms with van der Waals surface area (Å²) in [4.78, 5) is 4.14. The van der Waals surface area contributed by atoms with Crippen molar-refractivity contribution in [2.75, 3.05) is 0 Å². The van der Waals surface area contributed by atoms with Crippen LogP contribution in [0.4, 0.5) is 0 Å². The van der Waals surface area contributed by atoms with E-state index in [4.69, 9.17) is 5.84 Å². The standard InChI is InChI=1S/C10H17N3/c1-7(2)10(13-11)9-4-8(3)5-12-6-9/h4-7,10,13H,11H2,1-3H3. The minimum atomic E-state index is 0.187. The van der Waals surface area contributed by atoms with Crippen LogP contribution >= 0.6 is 0 Å². The van der Waals surface area contributed by atoms with Crippen molar-refractivity contribution >= 4 is 0 Å². The Bertz CT molecular complexity index is 271. The molecule has 3 N–H and O–H groups in total. The molecule has 1 aromatic rings. The Morgan fingerprint density at radius 3 is 2.54 bits per heavy atom. The summed E-state index contributed by atoms with van der Waals surface area (Å²) in [6.45, 7) is 6.30. The number of hydrazine groups is 1. The van der Waals surface area contributed by atoms with E-state index in [9.17, 15) is 0 Å². The van der Waals surface area contributed by atoms with E-state index in [0.717, 1.165) is 5.56 Å². The van der Waals surface area contributed by atoms with Gasteiger partial charge in [-0.05, 0) is 24.0 Å². The van der Waals surface area contributed by atoms with Gasteiger partial charge in [0.15, 0.2) is 0 Å². The van der Waals surface area contributed by atoms with Gasteiger partial charge in [-0.3, -0.25) is 16.3 Å². The number of nitrogens with zero attached hydrogens (tertiary/aromatic N) is 1. The summed E-state index contributed by atoms with van der Waals surface area (Å²) in [5.41, 5.74) is 5.12. The molecule has 0 aromatic carbocycles. The van der Waals surface area contributed by atoms with E-state index in [1.807, 2.05) is 19.3 Å². The number of hydrogen-bond acceptors (Lipinski definition) is 3. The van der Waals surface area contributed by atoms with Crippen molar-refractivity contribution in [2.45, 2.75) is 26.8 Å². The lowest BCUT2D eigenvalue weighted by atomic mass is 9.97. The van der Waals surface area contributed by atoms with Gasteiger partial charge >= 0.3 is 0 Å². The summed E-state index contributed by atoms with van der Waals surface area (Å²) in [5, 5.41) is 0. The number of aromatic nitrogens is 1. The first kappa shape index (κ1) is 10.2. The molecule has 0 fully saturated rings. The van der Waals surface area contributed by atoms with Crippen LogP contribution in [0.25, 0.3) is 0 Å². The van der Waals surface area contributed by atoms with Crippen molar-refractivity contribution < 1.29 is 0 Å². The van der Waals surface area contributed by atoms with Crippen molar-refractivity contribution in [3.8, 4) is 0 Å². The molecule has 3 nitrogen and oxygen atoms in total. The lowest BCUT2D eigenvalue weighted by molar-refractivity contribution is 0.420. The van der Waals surface area contributed by atoms with E-state index < -0.39 is 0 Å². The molecule has 1 rings (SSSR count). The Labute approximate surface area is 79.3 Å². The quantitative estimate of drug-likeness (QED) is 0.546. The van der Waals surface area contributed by atoms with Crippen LogP contribution in [0.2, 0.25) is 0 Å². The summed E-state index contributed by atoms with van der Waals surface area (Å²) < 4.78 is 0. The number of nitrogens with two attached hydrogens (primary N) is 1. The second kappa shape index (κ2) is 4.35. The molecule has 1 unspecified atom stereocenters. The minimum Gasteiger partial charge on any atom is -0.271 e. The SMILES string of the molecule is Cc1cncc(C(NN)C(C)C)c1. The molecule has 0 radical (unpaired) electrons. The van der Waals surface area contributed by atoms with Crippen molar-refractivity contribution in [3.05, 3.63) is 29.6 Å². The highest BCUT2D eigenvalue weighted by atomic mass is 15.2. The molecule has 0 saturated heterocycles. The molecule has 13 heavy (non-hydrogen) atoms. The van der Waals surface area contributed by atoms with Crippen molar-refractivity contribution in [2.24, 2.45) is 11.8 Å². The molecule has 0 aliphatic rings. The Hall–Kier alpha value is -0.930. The Balaban J connectivity index is 2.91. The molecule has 0 aliphatic carbocycles. The Morgan fingerprint density at radius 1 is 1.38 bits per heavy atom. The molecule has 72 valence electrons. The Morgan fingerprint density at radius 2 is 2.08 bits per heavy atom. The van der Waals surface area contributed by atoms with Crippen LogP contribution in [0.5, 0.6) is 0 Å². The van der Waals surface area contributed by atoms with Crippen molar-refractivity contribution in [1.82, 2.24) is 10.4 Å². The fraction of sp³-hybridized carbons (Fsp3) is 0.500. The molecule has 0 spiro atoms. The fourth-order valence-electron chi connectivity index (χ4n) is 1.42. The first-order valence-electron chi connectivity index (χ1n) is 4.53. The zero-order valence-corrected chi connectivity index (χ0v) is 8.41. The third kappa shape index (κ3) is 2.50. The van der Waals surface area contributed by atoms with Gasteiger partial charge in [-0.2, -0.15) is 0 Å². The summed E-state index contributed by atoms with van der Waals surface area (Å²) in [7, 11) is 0. The van der Waals surface area contributed by atoms with E-state index in [1.165, 1.54) is 5.56 Å². The predicted molar refractivity (Wildman–Crippen MR) is 53.9 cm³/mol. The van der Waals surface area contributed by atoms with Crippen LogP contribution in [0.3, 0.4) is 0 Å². The van der Waals surface area contributed by atoms with E-state index in [2.05, 4.69) is 30.3 Å². The molecule has 0 bridgehead atoms. The van der Waals surface area contributed by atoms with Crippen molar-refractivity contribution in [3.63, 3.8) is 0 Å². The number of rotatable bonds is 3. The van der Waals surface area contributed by atoms with Crippen LogP contribution in [0, 0.1) is 12.8 Å². The topological polar surface area (TPSA) is 50.9 Å². The zero-order chi connectivity index (χ0) is 9.84. The normalized spacial score (nSPS) is 13.3. The van der Waals surface area contributed by atoms with Gasteiger partial charge in [0.2, 0.25) is 0 Å². The third-order valence-electron chi connectivity index (χ3n) is 2.10. The van der Waals surface area contributed by atoms with Crippen LogP contribution in [-0.2, 0) is 0 Å². The minimum absolute atomic E-state index is 0.187. The van der Waals surface area contributed by atoms with Gasteiger partial charge < -0.3 is 0 Å². The predicted octanol–water partition coefficient (Wildman–Crippen LogP) is 1.55. The number of hydrogen-bond donors (Lipinski definition) is 2. The number of pyridine rings is 1. The summed E-state index contributed by atoms with van der Waals surface area (Å²) >= 11 is 0. The maximum atomic E-state index is 5.48. The monoisotopic (exact) mass is 179 g/mol. The second-order valence-electron chi connectivity index (χ2n) is 3.68. The van der Waals surface area contributed by atoms with Crippen LogP contribution in [-0.4, -0.2) is 4.98 Å². The third-order valence-corrected chi connectivity index (χ3v) is 2.10. The smallest absolute Gasteiger partial charge is 0.0498 e. The molecular formula is C10H17N3. The van der Waals surface area contributed by atoms with Crippen LogP contribution < -0.4 is 11.3 Å². The maximum absolute atomic E-state index is 5.48. The van der Waals surface area contributed by atoms with Gasteiger partial charge in [-0.15, -0.1) is 0 Å². The molecule has 0 amide bonds. The van der Waals surface area contributed by atoms with E-state index in [1.54, 1.807) is 0 Å². The molecule has 3 heteroatoms. The highest BCUT2D eigenvalue weighted by Gasteiger charge is 2.13. The average molecular weight is 179 g/mol. The van der Waals surface area contributed by atoms with Gasteiger partial charge in [0.1, 0.15) is 0 Å². The highest BCUT2D eigenvalue weighted by Crippen LogP contribution is 2.20. The molecule has 1 heterocycles. The first-order valence-corrected chi connectivity index (χ1v) is 4.53. The molecule has 0 aliphatic heterocycles. The van der Waals surface area contributed by atoms with Gasteiger partial charge in [-0.25, -0.2) is 0 Å². The average Bonchev–Trinajstić information content (AvgIpc) is 2.04. The van der Waals surface area contributed by atoms with E-state index >= 15 is 0 Å². The van der Waals surface area contributed by atoms with Gasteiger partial charge in [0, 0.05) is 18.4 Å². The molecule has 1 aromatic heterocycles. The summed E-state index contributed by atoms with van der Waals surface area (Å²) in [6.07, 6.45) is 3.70. The number of aryl methyl sites for hydroxylation is 1. The summed E-state index contributed by atoms with van der Waals surface area (Å²) in [5.74, 6) is 5.94. The fourth-order valence-corrected chi connectivity index (χ4v) is 1.42. The largest absolute Gasteiger partial charge is 0.271 e. The highest BCUT2D eigenvalue weighted by molar-refractivity contribution is 5.20.